The number of nitrogens with zero attached hydrogens (tertiary/aromatic N) is 2. The zero-order valence-electron chi connectivity index (χ0n) is 12.2. The highest BCUT2D eigenvalue weighted by Crippen LogP contribution is 2.16. The Bertz CT molecular complexity index is 609. The molecule has 0 aliphatic rings. The molecule has 2 rings (SSSR count). The van der Waals surface area contributed by atoms with Crippen LogP contribution in [0.2, 0.25) is 0 Å². The topological polar surface area (TPSA) is 82.2 Å². The minimum Gasteiger partial charge on any atom is -0.478 e. The number of aryl methyl sites for hydroxylation is 1. The zero-order chi connectivity index (χ0) is 15.2. The van der Waals surface area contributed by atoms with E-state index in [1.807, 2.05) is 31.2 Å². The van der Waals surface area contributed by atoms with Gasteiger partial charge in [-0.1, -0.05) is 18.2 Å². The van der Waals surface area contributed by atoms with Gasteiger partial charge in [-0.05, 0) is 25.5 Å². The number of ether oxygens (including phenoxy) is 1. The maximum absolute atomic E-state index is 12.2. The van der Waals surface area contributed by atoms with E-state index in [1.165, 1.54) is 0 Å². The second-order valence-corrected chi connectivity index (χ2v) is 4.64. The fourth-order valence-electron chi connectivity index (χ4n) is 1.89. The Morgan fingerprint density at radius 1 is 1.48 bits per heavy atom. The van der Waals surface area contributed by atoms with Crippen molar-refractivity contribution in [2.75, 3.05) is 5.32 Å². The van der Waals surface area contributed by atoms with Gasteiger partial charge in [0.1, 0.15) is 0 Å². The quantitative estimate of drug-likeness (QED) is 0.848. The molecule has 0 spiro atoms. The number of anilines is 1. The monoisotopic (exact) mass is 288 g/mol. The summed E-state index contributed by atoms with van der Waals surface area (Å²) in [7, 11) is 0. The van der Waals surface area contributed by atoms with Crippen molar-refractivity contribution < 1.29 is 9.53 Å². The van der Waals surface area contributed by atoms with E-state index in [2.05, 4.69) is 10.4 Å². The molecular weight excluding hydrogens is 268 g/mol. The lowest BCUT2D eigenvalue weighted by Crippen LogP contribution is -2.30. The number of aromatic nitrogens is 2. The lowest BCUT2D eigenvalue weighted by atomic mass is 10.1. The highest BCUT2D eigenvalue weighted by molar-refractivity contribution is 5.94. The van der Waals surface area contributed by atoms with Crippen LogP contribution in [0.3, 0.4) is 0 Å². The zero-order valence-corrected chi connectivity index (χ0v) is 12.2. The molecule has 0 fully saturated rings. The number of rotatable bonds is 6. The van der Waals surface area contributed by atoms with Gasteiger partial charge in [0.25, 0.3) is 5.91 Å². The van der Waals surface area contributed by atoms with E-state index in [0.29, 0.717) is 18.0 Å². The number of nitrogens with two attached hydrogens (primary N) is 1. The Hall–Kier alpha value is -2.34. The molecule has 0 radical (unpaired) electrons. The fraction of sp³-hybridized carbons (Fsp3) is 0.333. The van der Waals surface area contributed by atoms with Crippen LogP contribution in [0.25, 0.3) is 0 Å². The van der Waals surface area contributed by atoms with Crippen LogP contribution in [0.5, 0.6) is 5.75 Å². The van der Waals surface area contributed by atoms with Crippen molar-refractivity contribution in [3.63, 3.8) is 0 Å². The summed E-state index contributed by atoms with van der Waals surface area (Å²) in [5, 5.41) is 6.93. The van der Waals surface area contributed by atoms with Crippen molar-refractivity contribution in [1.29, 1.82) is 0 Å². The second kappa shape index (κ2) is 6.90. The molecule has 1 unspecified atom stereocenters. The molecule has 0 saturated carbocycles. The van der Waals surface area contributed by atoms with E-state index in [0.717, 1.165) is 12.1 Å². The molecule has 6 heteroatoms. The maximum atomic E-state index is 12.2. The summed E-state index contributed by atoms with van der Waals surface area (Å²) >= 11 is 0. The van der Waals surface area contributed by atoms with Gasteiger partial charge in [0, 0.05) is 18.8 Å². The number of nitrogens with one attached hydrogen (secondary N) is 1. The third kappa shape index (κ3) is 3.82. The first kappa shape index (κ1) is 15.1. The second-order valence-electron chi connectivity index (χ2n) is 4.64. The molecule has 0 bridgehead atoms. The van der Waals surface area contributed by atoms with E-state index < -0.39 is 6.10 Å². The summed E-state index contributed by atoms with van der Waals surface area (Å²) in [5.41, 5.74) is 7.25. The third-order valence-corrected chi connectivity index (χ3v) is 3.11. The Balaban J connectivity index is 1.99. The molecule has 1 aromatic heterocycles. The smallest absolute Gasteiger partial charge is 0.265 e. The van der Waals surface area contributed by atoms with Gasteiger partial charge in [0.15, 0.2) is 11.9 Å². The number of carbonyl (C=O) groups is 1. The van der Waals surface area contributed by atoms with Crippen LogP contribution >= 0.6 is 0 Å². The number of carbonyl (C=O) groups excluding carboxylic acids is 1. The molecule has 6 nitrogen and oxygen atoms in total. The van der Waals surface area contributed by atoms with Crippen LogP contribution in [0.15, 0.2) is 36.7 Å². The van der Waals surface area contributed by atoms with Crippen LogP contribution < -0.4 is 15.8 Å². The van der Waals surface area contributed by atoms with Crippen molar-refractivity contribution in [1.82, 2.24) is 9.78 Å². The van der Waals surface area contributed by atoms with Gasteiger partial charge in [-0.25, -0.2) is 0 Å². The van der Waals surface area contributed by atoms with Crippen LogP contribution in [-0.2, 0) is 17.9 Å². The molecule has 21 heavy (non-hydrogen) atoms. The molecule has 0 saturated heterocycles. The highest BCUT2D eigenvalue weighted by atomic mass is 16.5. The standard InChI is InChI=1S/C15H20N4O2/c1-3-19-10-13(9-17-19)21-11(2)15(20)18-14-7-5-4-6-12(14)8-16/h4-7,9-11H,3,8,16H2,1-2H3,(H,18,20). The first-order valence-electron chi connectivity index (χ1n) is 6.92. The van der Waals surface area contributed by atoms with Crippen LogP contribution in [0, 0.1) is 0 Å². The average molecular weight is 288 g/mol. The number of hydrogen-bond acceptors (Lipinski definition) is 4. The fourth-order valence-corrected chi connectivity index (χ4v) is 1.89. The van der Waals surface area contributed by atoms with Crippen molar-refractivity contribution in [2.24, 2.45) is 5.73 Å². The van der Waals surface area contributed by atoms with Crippen molar-refractivity contribution in [3.05, 3.63) is 42.2 Å². The van der Waals surface area contributed by atoms with E-state index in [4.69, 9.17) is 10.5 Å². The molecule has 1 amide bonds. The minimum atomic E-state index is -0.620. The lowest BCUT2D eigenvalue weighted by molar-refractivity contribution is -0.122. The summed E-state index contributed by atoms with van der Waals surface area (Å²) in [6.07, 6.45) is 2.74. The number of hydrogen-bond donors (Lipinski definition) is 2. The summed E-state index contributed by atoms with van der Waals surface area (Å²) in [5.74, 6) is 0.353. The lowest BCUT2D eigenvalue weighted by Gasteiger charge is -2.15. The van der Waals surface area contributed by atoms with E-state index in [-0.39, 0.29) is 5.91 Å². The Morgan fingerprint density at radius 2 is 2.24 bits per heavy atom. The van der Waals surface area contributed by atoms with Crippen molar-refractivity contribution in [3.8, 4) is 5.75 Å². The first-order valence-corrected chi connectivity index (χ1v) is 6.92. The van der Waals surface area contributed by atoms with Gasteiger partial charge in [0.05, 0.1) is 12.4 Å². The number of amides is 1. The van der Waals surface area contributed by atoms with E-state index in [9.17, 15) is 4.79 Å². The SMILES string of the molecule is CCn1cc(OC(C)C(=O)Nc2ccccc2CN)cn1. The molecule has 3 N–H and O–H groups in total. The van der Waals surface area contributed by atoms with E-state index in [1.54, 1.807) is 24.0 Å². The molecule has 0 aliphatic heterocycles. The minimum absolute atomic E-state index is 0.222. The summed E-state index contributed by atoms with van der Waals surface area (Å²) < 4.78 is 7.32. The predicted molar refractivity (Wildman–Crippen MR) is 81.0 cm³/mol. The van der Waals surface area contributed by atoms with Crippen LogP contribution in [-0.4, -0.2) is 21.8 Å². The molecule has 2 aromatic rings. The summed E-state index contributed by atoms with van der Waals surface area (Å²) in [6, 6.07) is 7.44. The van der Waals surface area contributed by atoms with Gasteiger partial charge >= 0.3 is 0 Å². The third-order valence-electron chi connectivity index (χ3n) is 3.11. The molecule has 1 atom stereocenters. The molecule has 1 heterocycles. The largest absolute Gasteiger partial charge is 0.478 e. The van der Waals surface area contributed by atoms with Gasteiger partial charge < -0.3 is 15.8 Å². The highest BCUT2D eigenvalue weighted by Gasteiger charge is 2.16. The van der Waals surface area contributed by atoms with Crippen LogP contribution in [0.4, 0.5) is 5.69 Å². The Kier molecular flexibility index (Phi) is 4.94. The van der Waals surface area contributed by atoms with Crippen molar-refractivity contribution >= 4 is 11.6 Å². The van der Waals surface area contributed by atoms with Gasteiger partial charge in [-0.15, -0.1) is 0 Å². The molecule has 1 aromatic carbocycles. The first-order chi connectivity index (χ1) is 10.1. The maximum Gasteiger partial charge on any atom is 0.265 e. The van der Waals surface area contributed by atoms with Gasteiger partial charge in [-0.2, -0.15) is 5.10 Å². The predicted octanol–water partition coefficient (Wildman–Crippen LogP) is 1.77. The van der Waals surface area contributed by atoms with Gasteiger partial charge in [0.2, 0.25) is 0 Å². The molecule has 0 aliphatic carbocycles. The summed E-state index contributed by atoms with van der Waals surface area (Å²) in [4.78, 5) is 12.2. The van der Waals surface area contributed by atoms with E-state index >= 15 is 0 Å². The Labute approximate surface area is 123 Å². The molecular formula is C15H20N4O2. The number of para-hydroxylation sites is 1. The summed E-state index contributed by atoms with van der Waals surface area (Å²) in [6.45, 7) is 4.81. The van der Waals surface area contributed by atoms with Crippen molar-refractivity contribution in [2.45, 2.75) is 33.0 Å². The number of benzene rings is 1. The Morgan fingerprint density at radius 3 is 2.90 bits per heavy atom. The van der Waals surface area contributed by atoms with Crippen LogP contribution in [0.1, 0.15) is 19.4 Å². The normalized spacial score (nSPS) is 12.0. The van der Waals surface area contributed by atoms with Gasteiger partial charge in [-0.3, -0.25) is 9.48 Å². The average Bonchev–Trinajstić information content (AvgIpc) is 2.95. The molecule has 112 valence electrons.